The van der Waals surface area contributed by atoms with Crippen LogP contribution in [0.15, 0.2) is 36.5 Å². The molecule has 0 spiro atoms. The summed E-state index contributed by atoms with van der Waals surface area (Å²) in [5.74, 6) is 0.586. The van der Waals surface area contributed by atoms with Gasteiger partial charge in [-0.2, -0.15) is 0 Å². The summed E-state index contributed by atoms with van der Waals surface area (Å²) in [5, 5.41) is 15.6. The van der Waals surface area contributed by atoms with Gasteiger partial charge in [0, 0.05) is 24.0 Å². The summed E-state index contributed by atoms with van der Waals surface area (Å²) < 4.78 is 0. The van der Waals surface area contributed by atoms with Gasteiger partial charge in [0.05, 0.1) is 4.92 Å². The minimum Gasteiger partial charge on any atom is -0.315 e. The number of nitrogens with one attached hydrogen (secondary N) is 2. The van der Waals surface area contributed by atoms with E-state index in [1.807, 2.05) is 6.08 Å². The van der Waals surface area contributed by atoms with E-state index in [2.05, 4.69) is 10.6 Å². The van der Waals surface area contributed by atoms with Gasteiger partial charge in [0.25, 0.3) is 5.69 Å². The minimum absolute atomic E-state index is 0.0543. The van der Waals surface area contributed by atoms with Crippen LogP contribution in [0.4, 0.5) is 16.2 Å². The van der Waals surface area contributed by atoms with Crippen LogP contribution in [0.5, 0.6) is 0 Å². The summed E-state index contributed by atoms with van der Waals surface area (Å²) in [6, 6.07) is 5.39. The molecule has 1 saturated carbocycles. The average Bonchev–Trinajstić information content (AvgIpc) is 3.13. The molecule has 0 heterocycles. The Morgan fingerprint density at radius 1 is 1.44 bits per heavy atom. The van der Waals surface area contributed by atoms with E-state index >= 15 is 0 Å². The smallest absolute Gasteiger partial charge is 0.315 e. The van der Waals surface area contributed by atoms with Crippen molar-refractivity contribution in [2.24, 2.45) is 5.92 Å². The van der Waals surface area contributed by atoms with Crippen molar-refractivity contribution in [3.63, 3.8) is 0 Å². The van der Waals surface area contributed by atoms with Gasteiger partial charge >= 0.3 is 6.03 Å². The molecule has 0 radical (unpaired) electrons. The Labute approximate surface area is 104 Å². The fraction of sp³-hybridized carbons (Fsp3) is 0.250. The molecule has 18 heavy (non-hydrogen) atoms. The molecular weight excluding hydrogens is 234 g/mol. The van der Waals surface area contributed by atoms with Gasteiger partial charge in [-0.25, -0.2) is 4.79 Å². The first-order chi connectivity index (χ1) is 8.65. The maximum absolute atomic E-state index is 11.5. The van der Waals surface area contributed by atoms with Crippen molar-refractivity contribution in [1.29, 1.82) is 0 Å². The lowest BCUT2D eigenvalue weighted by Crippen LogP contribution is -2.23. The number of rotatable bonds is 4. The number of carbonyl (C=O) groups excluding carboxylic acids is 1. The van der Waals surface area contributed by atoms with E-state index < -0.39 is 11.0 Å². The van der Waals surface area contributed by atoms with Crippen molar-refractivity contribution in [3.8, 4) is 0 Å². The second kappa shape index (κ2) is 5.31. The quantitative estimate of drug-likeness (QED) is 0.633. The summed E-state index contributed by atoms with van der Waals surface area (Å²) in [4.78, 5) is 21.5. The number of benzene rings is 1. The van der Waals surface area contributed by atoms with E-state index in [1.54, 1.807) is 12.3 Å². The topological polar surface area (TPSA) is 84.3 Å². The highest BCUT2D eigenvalue weighted by atomic mass is 16.6. The Bertz CT molecular complexity index is 495. The van der Waals surface area contributed by atoms with Crippen molar-refractivity contribution >= 4 is 17.4 Å². The minimum atomic E-state index is -0.504. The van der Waals surface area contributed by atoms with Crippen LogP contribution < -0.4 is 10.6 Å². The molecule has 0 saturated heterocycles. The largest absolute Gasteiger partial charge is 0.323 e. The molecule has 0 aliphatic heterocycles. The molecule has 1 fully saturated rings. The summed E-state index contributed by atoms with van der Waals surface area (Å²) in [5.41, 5.74) is 0.336. The number of urea groups is 1. The summed E-state index contributed by atoms with van der Waals surface area (Å²) >= 11 is 0. The van der Waals surface area contributed by atoms with Crippen LogP contribution in [-0.2, 0) is 0 Å². The lowest BCUT2D eigenvalue weighted by molar-refractivity contribution is -0.384. The van der Waals surface area contributed by atoms with E-state index in [-0.39, 0.29) is 5.69 Å². The summed E-state index contributed by atoms with van der Waals surface area (Å²) in [6.45, 7) is 0. The Balaban J connectivity index is 1.89. The van der Waals surface area contributed by atoms with Crippen molar-refractivity contribution in [3.05, 3.63) is 46.7 Å². The number of nitro benzene ring substituents is 1. The predicted molar refractivity (Wildman–Crippen MR) is 67.1 cm³/mol. The molecule has 1 aromatic rings. The first-order valence-electron chi connectivity index (χ1n) is 5.64. The highest BCUT2D eigenvalue weighted by Gasteiger charge is 2.17. The zero-order chi connectivity index (χ0) is 13.0. The zero-order valence-electron chi connectivity index (χ0n) is 9.63. The van der Waals surface area contributed by atoms with Crippen LogP contribution >= 0.6 is 0 Å². The second-order valence-corrected chi connectivity index (χ2v) is 4.10. The highest BCUT2D eigenvalue weighted by Crippen LogP contribution is 2.29. The molecule has 0 aromatic heterocycles. The number of allylic oxidation sites excluding steroid dienone is 1. The lowest BCUT2D eigenvalue weighted by atomic mass is 10.3. The van der Waals surface area contributed by atoms with Crippen molar-refractivity contribution in [2.75, 3.05) is 5.32 Å². The number of carbonyl (C=O) groups is 1. The molecule has 0 atom stereocenters. The number of amides is 2. The molecule has 0 bridgehead atoms. The second-order valence-electron chi connectivity index (χ2n) is 4.10. The molecular formula is C12H13N3O3. The van der Waals surface area contributed by atoms with Gasteiger partial charge in [-0.05, 0) is 24.8 Å². The maximum atomic E-state index is 11.5. The lowest BCUT2D eigenvalue weighted by Gasteiger charge is -2.03. The molecule has 1 aliphatic carbocycles. The van der Waals surface area contributed by atoms with Crippen LogP contribution in [0, 0.1) is 16.0 Å². The molecule has 2 N–H and O–H groups in total. The van der Waals surface area contributed by atoms with Crippen LogP contribution in [-0.4, -0.2) is 11.0 Å². The third-order valence-corrected chi connectivity index (χ3v) is 2.52. The highest BCUT2D eigenvalue weighted by molar-refractivity contribution is 5.90. The van der Waals surface area contributed by atoms with Crippen molar-refractivity contribution < 1.29 is 9.72 Å². The van der Waals surface area contributed by atoms with Crippen LogP contribution in [0.3, 0.4) is 0 Å². The van der Waals surface area contributed by atoms with Crippen LogP contribution in [0.2, 0.25) is 0 Å². The van der Waals surface area contributed by atoms with Gasteiger partial charge in [0.1, 0.15) is 0 Å². The molecule has 2 rings (SSSR count). The van der Waals surface area contributed by atoms with Crippen molar-refractivity contribution in [1.82, 2.24) is 5.32 Å². The van der Waals surface area contributed by atoms with Crippen LogP contribution in [0.1, 0.15) is 12.8 Å². The maximum Gasteiger partial charge on any atom is 0.323 e. The Kier molecular flexibility index (Phi) is 3.57. The third kappa shape index (κ3) is 3.58. The molecule has 1 aromatic carbocycles. The zero-order valence-corrected chi connectivity index (χ0v) is 9.63. The van der Waals surface area contributed by atoms with E-state index in [0.717, 1.165) is 0 Å². The van der Waals surface area contributed by atoms with Crippen molar-refractivity contribution in [2.45, 2.75) is 12.8 Å². The Morgan fingerprint density at radius 3 is 2.89 bits per heavy atom. The first-order valence-corrected chi connectivity index (χ1v) is 5.64. The number of hydrogen-bond acceptors (Lipinski definition) is 3. The predicted octanol–water partition coefficient (Wildman–Crippen LogP) is 2.64. The van der Waals surface area contributed by atoms with E-state index in [0.29, 0.717) is 11.6 Å². The standard InChI is InChI=1S/C12H13N3O3/c16-12(13-7-6-9-4-5-9)14-10-2-1-3-11(8-10)15(17)18/h1-3,6-9H,4-5H2,(H2,13,14,16)/b7-6+. The van der Waals surface area contributed by atoms with Gasteiger partial charge in [0.15, 0.2) is 0 Å². The fourth-order valence-corrected chi connectivity index (χ4v) is 1.41. The van der Waals surface area contributed by atoms with Gasteiger partial charge in [-0.15, -0.1) is 0 Å². The molecule has 6 nitrogen and oxygen atoms in total. The normalized spacial score (nSPS) is 14.4. The average molecular weight is 247 g/mol. The van der Waals surface area contributed by atoms with E-state index in [4.69, 9.17) is 0 Å². The molecule has 1 aliphatic rings. The SMILES string of the molecule is O=C(N/C=C/C1CC1)Nc1cccc([N+](=O)[O-])c1. The Hall–Kier alpha value is -2.37. The van der Waals surface area contributed by atoms with E-state index in [9.17, 15) is 14.9 Å². The first kappa shape index (κ1) is 12.1. The number of anilines is 1. The van der Waals surface area contributed by atoms with Gasteiger partial charge < -0.3 is 10.6 Å². The monoisotopic (exact) mass is 247 g/mol. The number of non-ortho nitro benzene ring substituents is 1. The fourth-order valence-electron chi connectivity index (χ4n) is 1.41. The molecule has 6 heteroatoms. The van der Waals surface area contributed by atoms with Crippen LogP contribution in [0.25, 0.3) is 0 Å². The van der Waals surface area contributed by atoms with E-state index in [1.165, 1.54) is 31.0 Å². The number of nitrogens with zero attached hydrogens (tertiary/aromatic N) is 1. The molecule has 0 unspecified atom stereocenters. The van der Waals surface area contributed by atoms with Gasteiger partial charge in [-0.3, -0.25) is 10.1 Å². The molecule has 2 amide bonds. The number of nitro groups is 1. The Morgan fingerprint density at radius 2 is 2.22 bits per heavy atom. The third-order valence-electron chi connectivity index (χ3n) is 2.52. The van der Waals surface area contributed by atoms with Gasteiger partial charge in [0.2, 0.25) is 0 Å². The number of hydrogen-bond donors (Lipinski definition) is 2. The van der Waals surface area contributed by atoms with Gasteiger partial charge in [-0.1, -0.05) is 12.1 Å². The summed E-state index contributed by atoms with van der Waals surface area (Å²) in [6.07, 6.45) is 5.88. The molecule has 94 valence electrons. The summed E-state index contributed by atoms with van der Waals surface area (Å²) in [7, 11) is 0.